The molecule has 2 aromatic rings. The molecule has 0 aliphatic heterocycles. The van der Waals surface area contributed by atoms with Gasteiger partial charge in [-0.15, -0.1) is 0 Å². The first-order valence-corrected chi connectivity index (χ1v) is 7.20. The lowest BCUT2D eigenvalue weighted by Gasteiger charge is -2.26. The number of ether oxygens (including phenoxy) is 1. The topological polar surface area (TPSA) is 55.7 Å². The molecule has 20 heavy (non-hydrogen) atoms. The number of nitrogens with one attached hydrogen (secondary N) is 1. The second-order valence-corrected chi connectivity index (χ2v) is 5.71. The molecule has 1 aliphatic rings. The van der Waals surface area contributed by atoms with Crippen LogP contribution in [0.25, 0.3) is 11.3 Å². The van der Waals surface area contributed by atoms with Gasteiger partial charge in [-0.1, -0.05) is 12.2 Å². The molecular weight excluding hydrogens is 272 g/mol. The molecule has 0 bridgehead atoms. The number of hydrogen-bond acceptors (Lipinski definition) is 4. The number of methoxy groups -OCH3 is 1. The third-order valence-corrected chi connectivity index (χ3v) is 4.20. The molecule has 0 amide bonds. The molecule has 0 radical (unpaired) electrons. The quantitative estimate of drug-likeness (QED) is 0.883. The Morgan fingerprint density at radius 1 is 1.40 bits per heavy atom. The van der Waals surface area contributed by atoms with Crippen molar-refractivity contribution in [1.82, 2.24) is 19.7 Å². The van der Waals surface area contributed by atoms with Gasteiger partial charge in [0.15, 0.2) is 0 Å². The fourth-order valence-electron chi connectivity index (χ4n) is 2.87. The molecule has 5 nitrogen and oxygen atoms in total. The van der Waals surface area contributed by atoms with E-state index in [9.17, 15) is 0 Å². The smallest absolute Gasteiger partial charge is 0.140 e. The number of aryl methyl sites for hydroxylation is 1. The van der Waals surface area contributed by atoms with E-state index >= 15 is 0 Å². The van der Waals surface area contributed by atoms with Crippen LogP contribution < -0.4 is 0 Å². The Hall–Kier alpha value is -1.53. The predicted molar refractivity (Wildman–Crippen MR) is 78.8 cm³/mol. The highest BCUT2D eigenvalue weighted by molar-refractivity contribution is 7.71. The van der Waals surface area contributed by atoms with E-state index in [1.807, 2.05) is 25.5 Å². The molecule has 1 aliphatic carbocycles. The van der Waals surface area contributed by atoms with Crippen molar-refractivity contribution in [3.8, 4) is 11.3 Å². The van der Waals surface area contributed by atoms with Crippen molar-refractivity contribution in [1.29, 1.82) is 0 Å². The first-order valence-electron chi connectivity index (χ1n) is 6.79. The fourth-order valence-corrected chi connectivity index (χ4v) is 3.08. The minimum atomic E-state index is -0.314. The summed E-state index contributed by atoms with van der Waals surface area (Å²) in [6.07, 6.45) is 8.06. The fraction of sp³-hybridized carbons (Fsp3) is 0.500. The molecule has 1 fully saturated rings. The highest BCUT2D eigenvalue weighted by atomic mass is 32.1. The molecule has 2 heterocycles. The zero-order chi connectivity index (χ0) is 14.2. The second-order valence-electron chi connectivity index (χ2n) is 5.29. The maximum atomic E-state index is 5.78. The highest BCUT2D eigenvalue weighted by Gasteiger charge is 2.38. The van der Waals surface area contributed by atoms with Crippen LogP contribution in [0.15, 0.2) is 18.5 Å². The van der Waals surface area contributed by atoms with Gasteiger partial charge < -0.3 is 9.72 Å². The van der Waals surface area contributed by atoms with Crippen LogP contribution in [0.5, 0.6) is 0 Å². The molecule has 1 saturated carbocycles. The van der Waals surface area contributed by atoms with E-state index < -0.39 is 0 Å². The van der Waals surface area contributed by atoms with Gasteiger partial charge in [-0.2, -0.15) is 5.10 Å². The average Bonchev–Trinajstić information content (AvgIpc) is 3.07. The summed E-state index contributed by atoms with van der Waals surface area (Å²) in [7, 11) is 3.65. The van der Waals surface area contributed by atoms with E-state index in [2.05, 4.69) is 15.1 Å². The summed E-state index contributed by atoms with van der Waals surface area (Å²) in [5, 5.41) is 4.20. The lowest BCUT2D eigenvalue weighted by atomic mass is 10.0. The van der Waals surface area contributed by atoms with Crippen LogP contribution in [-0.4, -0.2) is 26.9 Å². The number of H-pyrrole nitrogens is 1. The van der Waals surface area contributed by atoms with Gasteiger partial charge in [0.25, 0.3) is 0 Å². The third-order valence-electron chi connectivity index (χ3n) is 3.99. The summed E-state index contributed by atoms with van der Waals surface area (Å²) in [5.41, 5.74) is 1.63. The van der Waals surface area contributed by atoms with Gasteiger partial charge in [0.05, 0.1) is 11.9 Å². The lowest BCUT2D eigenvalue weighted by molar-refractivity contribution is -0.0162. The average molecular weight is 290 g/mol. The molecule has 0 unspecified atom stereocenters. The largest absolute Gasteiger partial charge is 0.370 e. The molecule has 106 valence electrons. The number of hydrogen-bond donors (Lipinski definition) is 1. The predicted octanol–water partition coefficient (Wildman–Crippen LogP) is 2.96. The molecule has 2 aromatic heterocycles. The van der Waals surface area contributed by atoms with Crippen molar-refractivity contribution in [2.75, 3.05) is 7.11 Å². The SMILES string of the molecule is COC1(c2nc(=S)cc(-c3cnn(C)c3)[nH]2)CCCC1. The first kappa shape index (κ1) is 13.5. The van der Waals surface area contributed by atoms with Crippen molar-refractivity contribution >= 4 is 12.2 Å². The molecular formula is C14H18N4OS. The summed E-state index contributed by atoms with van der Waals surface area (Å²) in [4.78, 5) is 7.89. The Labute approximate surface area is 123 Å². The van der Waals surface area contributed by atoms with Crippen LogP contribution in [0.1, 0.15) is 31.5 Å². The van der Waals surface area contributed by atoms with E-state index in [0.29, 0.717) is 4.64 Å². The van der Waals surface area contributed by atoms with Gasteiger partial charge in [0.1, 0.15) is 16.1 Å². The minimum absolute atomic E-state index is 0.314. The van der Waals surface area contributed by atoms with Crippen molar-refractivity contribution in [2.45, 2.75) is 31.3 Å². The van der Waals surface area contributed by atoms with Crippen LogP contribution in [-0.2, 0) is 17.4 Å². The number of nitrogens with zero attached hydrogens (tertiary/aromatic N) is 3. The maximum Gasteiger partial charge on any atom is 0.140 e. The van der Waals surface area contributed by atoms with E-state index in [1.165, 1.54) is 0 Å². The lowest BCUT2D eigenvalue weighted by Crippen LogP contribution is -2.27. The van der Waals surface area contributed by atoms with Gasteiger partial charge in [-0.05, 0) is 31.7 Å². The standard InChI is InChI=1S/C14H18N4OS/c1-18-9-10(8-15-18)11-7-12(20)17-13(16-11)14(19-2)5-3-4-6-14/h7-9H,3-6H2,1-2H3,(H,16,17,20). The van der Waals surface area contributed by atoms with E-state index in [0.717, 1.165) is 42.8 Å². The third kappa shape index (κ3) is 2.29. The number of rotatable bonds is 3. The molecule has 1 N–H and O–H groups in total. The number of aromatic nitrogens is 4. The summed E-state index contributed by atoms with van der Waals surface area (Å²) >= 11 is 5.31. The summed E-state index contributed by atoms with van der Waals surface area (Å²) in [5.74, 6) is 0.837. The highest BCUT2D eigenvalue weighted by Crippen LogP contribution is 2.40. The Bertz CT molecular complexity index is 670. The second kappa shape index (κ2) is 5.10. The summed E-state index contributed by atoms with van der Waals surface area (Å²) < 4.78 is 8.13. The molecule has 0 atom stereocenters. The number of aromatic amines is 1. The zero-order valence-corrected chi connectivity index (χ0v) is 12.5. The van der Waals surface area contributed by atoms with E-state index in [-0.39, 0.29) is 5.60 Å². The van der Waals surface area contributed by atoms with Gasteiger partial charge in [0.2, 0.25) is 0 Å². The van der Waals surface area contributed by atoms with Crippen molar-refractivity contribution in [3.63, 3.8) is 0 Å². The maximum absolute atomic E-state index is 5.78. The Morgan fingerprint density at radius 2 is 2.15 bits per heavy atom. The van der Waals surface area contributed by atoms with Crippen LogP contribution in [0.2, 0.25) is 0 Å². The van der Waals surface area contributed by atoms with Crippen LogP contribution >= 0.6 is 12.2 Å². The normalized spacial score (nSPS) is 17.5. The first-order chi connectivity index (χ1) is 9.63. The van der Waals surface area contributed by atoms with Gasteiger partial charge in [-0.3, -0.25) is 4.68 Å². The monoisotopic (exact) mass is 290 g/mol. The van der Waals surface area contributed by atoms with Crippen LogP contribution in [0, 0.1) is 4.64 Å². The summed E-state index contributed by atoms with van der Waals surface area (Å²) in [6.45, 7) is 0. The van der Waals surface area contributed by atoms with Gasteiger partial charge in [-0.25, -0.2) is 4.98 Å². The molecule has 0 spiro atoms. The zero-order valence-electron chi connectivity index (χ0n) is 11.7. The van der Waals surface area contributed by atoms with E-state index in [4.69, 9.17) is 17.0 Å². The molecule has 0 saturated heterocycles. The molecule has 3 rings (SSSR count). The molecule has 6 heteroatoms. The minimum Gasteiger partial charge on any atom is -0.370 e. The summed E-state index contributed by atoms with van der Waals surface area (Å²) in [6, 6.07) is 1.87. The van der Waals surface area contributed by atoms with Crippen LogP contribution in [0.3, 0.4) is 0 Å². The van der Waals surface area contributed by atoms with E-state index in [1.54, 1.807) is 11.8 Å². The Morgan fingerprint density at radius 3 is 2.75 bits per heavy atom. The Balaban J connectivity index is 2.09. The van der Waals surface area contributed by atoms with Gasteiger partial charge >= 0.3 is 0 Å². The van der Waals surface area contributed by atoms with Crippen LogP contribution in [0.4, 0.5) is 0 Å². The van der Waals surface area contributed by atoms with Gasteiger partial charge in [0, 0.05) is 25.9 Å². The Kier molecular flexibility index (Phi) is 3.43. The van der Waals surface area contributed by atoms with Crippen molar-refractivity contribution in [3.05, 3.63) is 28.9 Å². The van der Waals surface area contributed by atoms with Crippen molar-refractivity contribution in [2.24, 2.45) is 7.05 Å². The molecule has 0 aromatic carbocycles. The van der Waals surface area contributed by atoms with Crippen molar-refractivity contribution < 1.29 is 4.74 Å².